The molecule has 2 unspecified atom stereocenters. The SMILES string of the molecule is CCNC(C1=CCCCCC1)C(CC)OC. The molecule has 0 bridgehead atoms. The number of allylic oxidation sites excluding steroid dienone is 1. The van der Waals surface area contributed by atoms with Crippen molar-refractivity contribution in [3.8, 4) is 0 Å². The van der Waals surface area contributed by atoms with E-state index in [1.807, 2.05) is 7.11 Å². The van der Waals surface area contributed by atoms with Gasteiger partial charge in [-0.25, -0.2) is 0 Å². The van der Waals surface area contributed by atoms with Gasteiger partial charge in [0.05, 0.1) is 12.1 Å². The number of rotatable bonds is 6. The van der Waals surface area contributed by atoms with E-state index in [0.717, 1.165) is 13.0 Å². The zero-order chi connectivity index (χ0) is 11.8. The monoisotopic (exact) mass is 225 g/mol. The fourth-order valence-corrected chi connectivity index (χ4v) is 2.58. The molecule has 1 aliphatic carbocycles. The molecule has 0 aromatic carbocycles. The zero-order valence-corrected chi connectivity index (χ0v) is 11.1. The second kappa shape index (κ2) is 7.86. The van der Waals surface area contributed by atoms with Gasteiger partial charge in [-0.15, -0.1) is 0 Å². The van der Waals surface area contributed by atoms with Crippen molar-refractivity contribution in [1.82, 2.24) is 5.32 Å². The maximum absolute atomic E-state index is 5.60. The Labute approximate surface area is 100 Å². The highest BCUT2D eigenvalue weighted by atomic mass is 16.5. The summed E-state index contributed by atoms with van der Waals surface area (Å²) >= 11 is 0. The minimum Gasteiger partial charge on any atom is -0.380 e. The molecular weight excluding hydrogens is 198 g/mol. The van der Waals surface area contributed by atoms with Gasteiger partial charge < -0.3 is 10.1 Å². The van der Waals surface area contributed by atoms with Gasteiger partial charge in [-0.2, -0.15) is 0 Å². The van der Waals surface area contributed by atoms with E-state index in [9.17, 15) is 0 Å². The van der Waals surface area contributed by atoms with E-state index < -0.39 is 0 Å². The van der Waals surface area contributed by atoms with Gasteiger partial charge in [0.2, 0.25) is 0 Å². The molecule has 0 heterocycles. The van der Waals surface area contributed by atoms with Crippen molar-refractivity contribution in [2.75, 3.05) is 13.7 Å². The zero-order valence-electron chi connectivity index (χ0n) is 11.1. The first kappa shape index (κ1) is 13.7. The van der Waals surface area contributed by atoms with E-state index in [4.69, 9.17) is 4.74 Å². The fourth-order valence-electron chi connectivity index (χ4n) is 2.58. The van der Waals surface area contributed by atoms with Crippen molar-refractivity contribution in [2.24, 2.45) is 0 Å². The molecule has 0 fully saturated rings. The summed E-state index contributed by atoms with van der Waals surface area (Å²) in [6, 6.07) is 0.429. The van der Waals surface area contributed by atoms with Crippen molar-refractivity contribution < 1.29 is 4.74 Å². The van der Waals surface area contributed by atoms with Gasteiger partial charge >= 0.3 is 0 Å². The van der Waals surface area contributed by atoms with Crippen molar-refractivity contribution in [2.45, 2.75) is 64.5 Å². The molecule has 0 saturated carbocycles. The first-order chi connectivity index (χ1) is 7.83. The Kier molecular flexibility index (Phi) is 6.74. The molecule has 94 valence electrons. The lowest BCUT2D eigenvalue weighted by Crippen LogP contribution is -2.42. The van der Waals surface area contributed by atoms with Crippen LogP contribution in [0.4, 0.5) is 0 Å². The molecule has 0 aromatic rings. The number of hydrogen-bond donors (Lipinski definition) is 1. The van der Waals surface area contributed by atoms with Crippen LogP contribution in [0.25, 0.3) is 0 Å². The van der Waals surface area contributed by atoms with Gasteiger partial charge in [-0.05, 0) is 38.6 Å². The lowest BCUT2D eigenvalue weighted by atomic mass is 9.95. The minimum absolute atomic E-state index is 0.323. The van der Waals surface area contributed by atoms with Gasteiger partial charge in [-0.1, -0.05) is 31.9 Å². The molecule has 1 rings (SSSR count). The molecule has 0 amide bonds. The molecule has 0 saturated heterocycles. The molecule has 0 radical (unpaired) electrons. The number of ether oxygens (including phenoxy) is 1. The van der Waals surface area contributed by atoms with Crippen LogP contribution in [0.3, 0.4) is 0 Å². The Bertz CT molecular complexity index is 209. The molecule has 0 spiro atoms. The maximum Gasteiger partial charge on any atom is 0.0760 e. The van der Waals surface area contributed by atoms with E-state index in [2.05, 4.69) is 25.2 Å². The molecule has 2 atom stereocenters. The van der Waals surface area contributed by atoms with Gasteiger partial charge in [0.15, 0.2) is 0 Å². The Balaban J connectivity index is 2.69. The quantitative estimate of drug-likeness (QED) is 0.700. The summed E-state index contributed by atoms with van der Waals surface area (Å²) in [5.74, 6) is 0. The van der Waals surface area contributed by atoms with Crippen LogP contribution in [0.15, 0.2) is 11.6 Å². The highest BCUT2D eigenvalue weighted by molar-refractivity contribution is 5.14. The van der Waals surface area contributed by atoms with E-state index >= 15 is 0 Å². The molecule has 1 N–H and O–H groups in total. The Morgan fingerprint density at radius 1 is 1.31 bits per heavy atom. The summed E-state index contributed by atoms with van der Waals surface area (Å²) in [5, 5.41) is 3.59. The highest BCUT2D eigenvalue weighted by Gasteiger charge is 2.22. The summed E-state index contributed by atoms with van der Waals surface area (Å²) in [6.07, 6.45) is 10.4. The third-order valence-electron chi connectivity index (χ3n) is 3.48. The molecule has 2 heteroatoms. The molecule has 0 aromatic heterocycles. The molecular formula is C14H27NO. The van der Waals surface area contributed by atoms with Gasteiger partial charge in [0.25, 0.3) is 0 Å². The third kappa shape index (κ3) is 3.91. The van der Waals surface area contributed by atoms with E-state index in [0.29, 0.717) is 12.1 Å². The first-order valence-corrected chi connectivity index (χ1v) is 6.78. The van der Waals surface area contributed by atoms with Gasteiger partial charge in [-0.3, -0.25) is 0 Å². The van der Waals surface area contributed by atoms with Crippen LogP contribution in [0.5, 0.6) is 0 Å². The predicted octanol–water partition coefficient (Wildman–Crippen LogP) is 3.28. The van der Waals surface area contributed by atoms with Crippen molar-refractivity contribution in [3.63, 3.8) is 0 Å². The second-order valence-electron chi connectivity index (χ2n) is 4.60. The summed E-state index contributed by atoms with van der Waals surface area (Å²) in [6.45, 7) is 5.39. The lowest BCUT2D eigenvalue weighted by molar-refractivity contribution is 0.0752. The van der Waals surface area contributed by atoms with E-state index in [-0.39, 0.29) is 0 Å². The maximum atomic E-state index is 5.60. The number of methoxy groups -OCH3 is 1. The number of nitrogens with one attached hydrogen (secondary N) is 1. The smallest absolute Gasteiger partial charge is 0.0760 e. The molecule has 1 aliphatic rings. The Morgan fingerprint density at radius 3 is 2.75 bits per heavy atom. The summed E-state index contributed by atoms with van der Waals surface area (Å²) in [7, 11) is 1.83. The van der Waals surface area contributed by atoms with Crippen LogP contribution in [0.1, 0.15) is 52.4 Å². The van der Waals surface area contributed by atoms with Gasteiger partial charge in [0, 0.05) is 7.11 Å². The van der Waals surface area contributed by atoms with Crippen LogP contribution >= 0.6 is 0 Å². The van der Waals surface area contributed by atoms with Crippen LogP contribution < -0.4 is 5.32 Å². The van der Waals surface area contributed by atoms with Crippen LogP contribution in [0.2, 0.25) is 0 Å². The standard InChI is InChI=1S/C14H27NO/c1-4-13(16-3)14(15-5-2)12-10-8-6-7-9-11-12/h10,13-15H,4-9,11H2,1-3H3. The number of likely N-dealkylation sites (N-methyl/N-ethyl adjacent to an activating group) is 1. The molecule has 0 aliphatic heterocycles. The minimum atomic E-state index is 0.323. The summed E-state index contributed by atoms with van der Waals surface area (Å²) in [5.41, 5.74) is 1.58. The molecule has 2 nitrogen and oxygen atoms in total. The average molecular weight is 225 g/mol. The van der Waals surface area contributed by atoms with Crippen LogP contribution in [0, 0.1) is 0 Å². The topological polar surface area (TPSA) is 21.3 Å². The largest absolute Gasteiger partial charge is 0.380 e. The van der Waals surface area contributed by atoms with E-state index in [1.54, 1.807) is 5.57 Å². The second-order valence-corrected chi connectivity index (χ2v) is 4.60. The molecule has 16 heavy (non-hydrogen) atoms. The summed E-state index contributed by atoms with van der Waals surface area (Å²) < 4.78 is 5.60. The Morgan fingerprint density at radius 2 is 2.12 bits per heavy atom. The van der Waals surface area contributed by atoms with Crippen LogP contribution in [-0.2, 0) is 4.74 Å². The van der Waals surface area contributed by atoms with Crippen LogP contribution in [-0.4, -0.2) is 25.8 Å². The average Bonchev–Trinajstić information content (AvgIpc) is 2.58. The van der Waals surface area contributed by atoms with Crippen molar-refractivity contribution in [1.29, 1.82) is 0 Å². The van der Waals surface area contributed by atoms with Crippen molar-refractivity contribution in [3.05, 3.63) is 11.6 Å². The highest BCUT2D eigenvalue weighted by Crippen LogP contribution is 2.23. The fraction of sp³-hybridized carbons (Fsp3) is 0.857. The summed E-state index contributed by atoms with van der Waals surface area (Å²) in [4.78, 5) is 0. The number of hydrogen-bond acceptors (Lipinski definition) is 2. The van der Waals surface area contributed by atoms with Gasteiger partial charge in [0.1, 0.15) is 0 Å². The first-order valence-electron chi connectivity index (χ1n) is 6.78. The van der Waals surface area contributed by atoms with Crippen molar-refractivity contribution >= 4 is 0 Å². The lowest BCUT2D eigenvalue weighted by Gasteiger charge is -2.28. The van der Waals surface area contributed by atoms with E-state index in [1.165, 1.54) is 32.1 Å². The third-order valence-corrected chi connectivity index (χ3v) is 3.48. The Hall–Kier alpha value is -0.340. The normalized spacial score (nSPS) is 21.1. The predicted molar refractivity (Wildman–Crippen MR) is 69.7 cm³/mol.